The first-order valence-electron chi connectivity index (χ1n) is 6.37. The van der Waals surface area contributed by atoms with E-state index in [9.17, 15) is 23.3 Å². The largest absolute Gasteiger partial charge is 0.334 e. The summed E-state index contributed by atoms with van der Waals surface area (Å²) in [5.41, 5.74) is 2.13. The summed E-state index contributed by atoms with van der Waals surface area (Å²) in [6, 6.07) is 10.0. The molecule has 0 fully saturated rings. The quantitative estimate of drug-likeness (QED) is 0.510. The summed E-state index contributed by atoms with van der Waals surface area (Å²) < 4.78 is 24.7. The smallest absolute Gasteiger partial charge is 0.307 e. The number of hydrogen-bond donors (Lipinski definition) is 3. The van der Waals surface area contributed by atoms with E-state index >= 15 is 0 Å². The summed E-state index contributed by atoms with van der Waals surface area (Å²) in [6.07, 6.45) is 0. The van der Waals surface area contributed by atoms with Gasteiger partial charge in [0.1, 0.15) is 0 Å². The van der Waals surface area contributed by atoms with Gasteiger partial charge in [-0.15, -0.1) is 4.83 Å². The second-order valence-corrected chi connectivity index (χ2v) is 7.04. The lowest BCUT2D eigenvalue weighted by atomic mass is 10.3. The van der Waals surface area contributed by atoms with Crippen LogP contribution in [0.5, 0.6) is 0 Å². The van der Waals surface area contributed by atoms with Crippen LogP contribution in [0.1, 0.15) is 0 Å². The minimum Gasteiger partial charge on any atom is -0.307 e. The topological polar surface area (TPSA) is 130 Å². The molecule has 0 atom stereocenters. The fraction of sp³-hybridized carbons (Fsp3) is 0. The molecule has 2 aromatic rings. The number of nitro benzene ring substituents is 1. The van der Waals surface area contributed by atoms with E-state index in [4.69, 9.17) is 0 Å². The lowest BCUT2D eigenvalue weighted by Crippen LogP contribution is -2.43. The molecule has 0 aliphatic carbocycles. The monoisotopic (exact) mass is 414 g/mol. The number of sulfonamides is 1. The van der Waals surface area contributed by atoms with E-state index in [2.05, 4.69) is 21.2 Å². The van der Waals surface area contributed by atoms with Crippen LogP contribution in [-0.2, 0) is 10.0 Å². The maximum atomic E-state index is 12.0. The zero-order valence-corrected chi connectivity index (χ0v) is 14.3. The van der Waals surface area contributed by atoms with Crippen molar-refractivity contribution in [3.63, 3.8) is 0 Å². The van der Waals surface area contributed by atoms with Gasteiger partial charge in [0.05, 0.1) is 9.82 Å². The number of anilines is 1. The first-order chi connectivity index (χ1) is 11.3. The fourth-order valence-electron chi connectivity index (χ4n) is 1.62. The maximum absolute atomic E-state index is 12.0. The molecule has 0 aliphatic heterocycles. The van der Waals surface area contributed by atoms with Crippen LogP contribution in [0.15, 0.2) is 57.9 Å². The molecule has 2 rings (SSSR count). The SMILES string of the molecule is O=C(NNS(=O)(=O)c1ccc(Br)cc1)Nc1ccc([N+](=O)[O-])cc1. The van der Waals surface area contributed by atoms with Gasteiger partial charge in [-0.2, -0.15) is 0 Å². The van der Waals surface area contributed by atoms with Gasteiger partial charge in [0.2, 0.25) is 0 Å². The second-order valence-electron chi connectivity index (χ2n) is 4.44. The van der Waals surface area contributed by atoms with Crippen LogP contribution >= 0.6 is 15.9 Å². The Bertz CT molecular complexity index is 853. The second kappa shape index (κ2) is 7.38. The van der Waals surface area contributed by atoms with Crippen LogP contribution in [0.25, 0.3) is 0 Å². The van der Waals surface area contributed by atoms with Crippen LogP contribution in [0.2, 0.25) is 0 Å². The van der Waals surface area contributed by atoms with Gasteiger partial charge in [-0.05, 0) is 36.4 Å². The summed E-state index contributed by atoms with van der Waals surface area (Å²) in [5.74, 6) is 0. The van der Waals surface area contributed by atoms with E-state index in [0.717, 1.165) is 0 Å². The lowest BCUT2D eigenvalue weighted by molar-refractivity contribution is -0.384. The molecule has 0 aliphatic rings. The minimum absolute atomic E-state index is 0.0265. The third-order valence-electron chi connectivity index (χ3n) is 2.76. The van der Waals surface area contributed by atoms with Crippen molar-refractivity contribution in [2.75, 3.05) is 5.32 Å². The molecule has 11 heteroatoms. The van der Waals surface area contributed by atoms with Gasteiger partial charge >= 0.3 is 6.03 Å². The molecule has 0 radical (unpaired) electrons. The van der Waals surface area contributed by atoms with Gasteiger partial charge in [0.15, 0.2) is 0 Å². The molecule has 2 amide bonds. The highest BCUT2D eigenvalue weighted by Crippen LogP contribution is 2.15. The van der Waals surface area contributed by atoms with Crippen molar-refractivity contribution >= 4 is 43.4 Å². The Labute approximate surface area is 145 Å². The molecule has 0 aromatic heterocycles. The first-order valence-corrected chi connectivity index (χ1v) is 8.64. The highest BCUT2D eigenvalue weighted by Gasteiger charge is 2.15. The van der Waals surface area contributed by atoms with E-state index in [1.807, 2.05) is 10.3 Å². The molecule has 24 heavy (non-hydrogen) atoms. The highest BCUT2D eigenvalue weighted by molar-refractivity contribution is 9.10. The average Bonchev–Trinajstić information content (AvgIpc) is 2.54. The molecule has 9 nitrogen and oxygen atoms in total. The zero-order valence-electron chi connectivity index (χ0n) is 11.9. The van der Waals surface area contributed by atoms with Crippen LogP contribution in [0.3, 0.4) is 0 Å². The molecule has 126 valence electrons. The van der Waals surface area contributed by atoms with Gasteiger partial charge in [0.25, 0.3) is 15.7 Å². The van der Waals surface area contributed by atoms with Gasteiger partial charge < -0.3 is 5.32 Å². The molecule has 0 saturated heterocycles. The Morgan fingerprint density at radius 1 is 1.04 bits per heavy atom. The zero-order chi connectivity index (χ0) is 17.7. The number of nitro groups is 1. The molecular weight excluding hydrogens is 404 g/mol. The number of hydrazine groups is 1. The number of halogens is 1. The number of hydrogen-bond acceptors (Lipinski definition) is 5. The van der Waals surface area contributed by atoms with Crippen molar-refractivity contribution in [1.82, 2.24) is 10.3 Å². The summed E-state index contributed by atoms with van der Waals surface area (Å²) in [4.78, 5) is 23.5. The van der Waals surface area contributed by atoms with Gasteiger partial charge in [-0.3, -0.25) is 15.5 Å². The predicted molar refractivity (Wildman–Crippen MR) is 89.7 cm³/mol. The number of rotatable bonds is 5. The Morgan fingerprint density at radius 3 is 2.17 bits per heavy atom. The molecule has 2 aromatic carbocycles. The molecule has 3 N–H and O–H groups in total. The van der Waals surface area contributed by atoms with Gasteiger partial charge in [-0.25, -0.2) is 13.2 Å². The van der Waals surface area contributed by atoms with Crippen LogP contribution in [0, 0.1) is 10.1 Å². The normalized spacial score (nSPS) is 10.9. The Kier molecular flexibility index (Phi) is 5.49. The van der Waals surface area contributed by atoms with Gasteiger partial charge in [-0.1, -0.05) is 15.9 Å². The summed E-state index contributed by atoms with van der Waals surface area (Å²) >= 11 is 3.19. The molecular formula is C13H11BrN4O5S. The number of amides is 2. The summed E-state index contributed by atoms with van der Waals surface area (Å²) in [5, 5.41) is 12.9. The fourth-order valence-corrected chi connectivity index (χ4v) is 2.72. The average molecular weight is 415 g/mol. The number of carbonyl (C=O) groups excluding carboxylic acids is 1. The number of nitrogens with one attached hydrogen (secondary N) is 3. The van der Waals surface area contributed by atoms with E-state index in [0.29, 0.717) is 4.47 Å². The third-order valence-corrected chi connectivity index (χ3v) is 4.55. The molecule has 0 saturated carbocycles. The third kappa shape index (κ3) is 4.75. The van der Waals surface area contributed by atoms with E-state index in [1.165, 1.54) is 36.4 Å². The minimum atomic E-state index is -3.91. The van der Waals surface area contributed by atoms with E-state index in [1.54, 1.807) is 12.1 Å². The lowest BCUT2D eigenvalue weighted by Gasteiger charge is -2.09. The number of benzene rings is 2. The van der Waals surface area contributed by atoms with Crippen LogP contribution in [0.4, 0.5) is 16.2 Å². The van der Waals surface area contributed by atoms with Crippen molar-refractivity contribution in [2.24, 2.45) is 0 Å². The standard InChI is InChI=1S/C13H11BrN4O5S/c14-9-1-7-12(8-2-9)24(22,23)17-16-13(19)15-10-3-5-11(6-4-10)18(20)21/h1-8,17H,(H2,15,16,19). The Balaban J connectivity index is 1.95. The highest BCUT2D eigenvalue weighted by atomic mass is 79.9. The number of nitrogens with zero attached hydrogens (tertiary/aromatic N) is 1. The number of non-ortho nitro benzene ring substituents is 1. The van der Waals surface area contributed by atoms with Crippen LogP contribution in [-0.4, -0.2) is 19.4 Å². The van der Waals surface area contributed by atoms with Crippen molar-refractivity contribution in [3.8, 4) is 0 Å². The van der Waals surface area contributed by atoms with Crippen molar-refractivity contribution in [1.29, 1.82) is 0 Å². The van der Waals surface area contributed by atoms with Crippen LogP contribution < -0.4 is 15.6 Å². The predicted octanol–water partition coefficient (Wildman–Crippen LogP) is 2.37. The van der Waals surface area contributed by atoms with Crippen molar-refractivity contribution in [2.45, 2.75) is 4.90 Å². The molecule has 0 heterocycles. The summed E-state index contributed by atoms with van der Waals surface area (Å²) in [6.45, 7) is 0. The van der Waals surface area contributed by atoms with Crippen molar-refractivity contribution < 1.29 is 18.1 Å². The molecule has 0 spiro atoms. The number of urea groups is 1. The van der Waals surface area contributed by atoms with E-state index in [-0.39, 0.29) is 16.3 Å². The number of carbonyl (C=O) groups is 1. The summed E-state index contributed by atoms with van der Waals surface area (Å²) in [7, 11) is -3.91. The van der Waals surface area contributed by atoms with Crippen molar-refractivity contribution in [3.05, 3.63) is 63.1 Å². The Hall–Kier alpha value is -2.50. The van der Waals surface area contributed by atoms with E-state index < -0.39 is 21.0 Å². The Morgan fingerprint density at radius 2 is 1.62 bits per heavy atom. The first kappa shape index (κ1) is 17.8. The molecule has 0 bridgehead atoms. The van der Waals surface area contributed by atoms with Gasteiger partial charge in [0, 0.05) is 22.3 Å². The molecule has 0 unspecified atom stereocenters. The maximum Gasteiger partial charge on any atom is 0.334 e.